The van der Waals surface area contributed by atoms with Gasteiger partial charge >= 0.3 is 0 Å². The fourth-order valence-corrected chi connectivity index (χ4v) is 5.26. The molecule has 0 radical (unpaired) electrons. The van der Waals surface area contributed by atoms with E-state index < -0.39 is 0 Å². The number of para-hydroxylation sites is 1. The Hall–Kier alpha value is -3.45. The molecule has 174 valence electrons. The van der Waals surface area contributed by atoms with Crippen LogP contribution in [0.15, 0.2) is 66.0 Å². The molecule has 0 spiro atoms. The van der Waals surface area contributed by atoms with Crippen LogP contribution in [0, 0.1) is 0 Å². The molecule has 2 N–H and O–H groups in total. The molecule has 7 heteroatoms. The molecule has 1 fully saturated rings. The van der Waals surface area contributed by atoms with E-state index in [1.165, 1.54) is 4.88 Å². The Morgan fingerprint density at radius 2 is 1.65 bits per heavy atom. The highest BCUT2D eigenvalue weighted by Gasteiger charge is 2.24. The van der Waals surface area contributed by atoms with E-state index in [1.807, 2.05) is 67.5 Å². The molecule has 2 heterocycles. The molecule has 0 unspecified atom stereocenters. The van der Waals surface area contributed by atoms with E-state index in [4.69, 9.17) is 9.97 Å². The lowest BCUT2D eigenvalue weighted by Gasteiger charge is -2.30. The van der Waals surface area contributed by atoms with Gasteiger partial charge in [0.05, 0.1) is 5.52 Å². The van der Waals surface area contributed by atoms with Gasteiger partial charge in [0.2, 0.25) is 5.95 Å². The van der Waals surface area contributed by atoms with Crippen LogP contribution in [0.4, 0.5) is 11.8 Å². The van der Waals surface area contributed by atoms with E-state index in [2.05, 4.69) is 28.1 Å². The quantitative estimate of drug-likeness (QED) is 0.384. The summed E-state index contributed by atoms with van der Waals surface area (Å²) in [6, 6.07) is 20.6. The maximum absolute atomic E-state index is 12.8. The van der Waals surface area contributed by atoms with E-state index in [0.29, 0.717) is 17.6 Å². The van der Waals surface area contributed by atoms with Crippen LogP contribution in [0.5, 0.6) is 0 Å². The number of nitrogens with zero attached hydrogens (tertiary/aromatic N) is 3. The summed E-state index contributed by atoms with van der Waals surface area (Å²) in [5, 5.41) is 9.87. The Labute approximate surface area is 204 Å². The molecule has 0 atom stereocenters. The average Bonchev–Trinajstić information content (AvgIpc) is 3.40. The first-order chi connectivity index (χ1) is 16.6. The lowest BCUT2D eigenvalue weighted by Crippen LogP contribution is -2.40. The van der Waals surface area contributed by atoms with Gasteiger partial charge in [-0.2, -0.15) is 4.98 Å². The Balaban J connectivity index is 1.17. The zero-order chi connectivity index (χ0) is 23.5. The fraction of sp³-hybridized carbons (Fsp3) is 0.296. The Bertz CT molecular complexity index is 1260. The number of hydrogen-bond acceptors (Lipinski definition) is 6. The molecule has 2 aromatic heterocycles. The van der Waals surface area contributed by atoms with Gasteiger partial charge in [-0.1, -0.05) is 30.3 Å². The first-order valence-electron chi connectivity index (χ1n) is 11.7. The number of nitrogens with one attached hydrogen (secondary N) is 2. The Morgan fingerprint density at radius 3 is 2.35 bits per heavy atom. The standard InChI is InChI=1S/C27H29N5OS/c1-32(2)25-22-6-3-4-7-23(22)30-27(31-25)29-21-15-13-20(14-16-21)28-26(33)19-11-9-18(10-12-19)24-8-5-17-34-24/h3-12,17,20-21H,13-16H2,1-2H3,(H,28,33)(H,29,30,31). The molecule has 34 heavy (non-hydrogen) atoms. The van der Waals surface area contributed by atoms with Crippen molar-refractivity contribution in [1.29, 1.82) is 0 Å². The van der Waals surface area contributed by atoms with E-state index in [1.54, 1.807) is 11.3 Å². The summed E-state index contributed by atoms with van der Waals surface area (Å²) in [4.78, 5) is 25.5. The summed E-state index contributed by atoms with van der Waals surface area (Å²) >= 11 is 1.70. The number of benzene rings is 2. The second-order valence-electron chi connectivity index (χ2n) is 9.00. The van der Waals surface area contributed by atoms with Gasteiger partial charge in [0.15, 0.2) is 0 Å². The zero-order valence-corrected chi connectivity index (χ0v) is 20.3. The van der Waals surface area contributed by atoms with Crippen LogP contribution >= 0.6 is 11.3 Å². The molecule has 1 aliphatic rings. The van der Waals surface area contributed by atoms with Gasteiger partial charge in [-0.3, -0.25) is 4.79 Å². The van der Waals surface area contributed by atoms with Crippen LogP contribution in [0.2, 0.25) is 0 Å². The first kappa shape index (κ1) is 22.3. The van der Waals surface area contributed by atoms with Crippen LogP contribution in [0.3, 0.4) is 0 Å². The van der Waals surface area contributed by atoms with E-state index in [0.717, 1.165) is 48.0 Å². The molecule has 0 aliphatic heterocycles. The predicted octanol–water partition coefficient (Wildman–Crippen LogP) is 5.58. The number of hydrogen-bond donors (Lipinski definition) is 2. The number of rotatable bonds is 6. The molecule has 4 aromatic rings. The summed E-state index contributed by atoms with van der Waals surface area (Å²) < 4.78 is 0. The third kappa shape index (κ3) is 4.89. The van der Waals surface area contributed by atoms with Crippen molar-refractivity contribution in [2.45, 2.75) is 37.8 Å². The zero-order valence-electron chi connectivity index (χ0n) is 19.5. The van der Waals surface area contributed by atoms with Gasteiger partial charge in [0, 0.05) is 42.0 Å². The molecular weight excluding hydrogens is 442 g/mol. The van der Waals surface area contributed by atoms with Crippen LogP contribution < -0.4 is 15.5 Å². The number of carbonyl (C=O) groups is 1. The molecule has 2 aromatic carbocycles. The van der Waals surface area contributed by atoms with Crippen molar-refractivity contribution < 1.29 is 4.79 Å². The van der Waals surface area contributed by atoms with Gasteiger partial charge in [-0.25, -0.2) is 4.98 Å². The Morgan fingerprint density at radius 1 is 0.912 bits per heavy atom. The molecule has 5 rings (SSSR count). The van der Waals surface area contributed by atoms with E-state index in [-0.39, 0.29) is 11.9 Å². The number of fused-ring (bicyclic) bond motifs is 1. The second kappa shape index (κ2) is 9.81. The number of aromatic nitrogens is 2. The first-order valence-corrected chi connectivity index (χ1v) is 12.6. The van der Waals surface area contributed by atoms with Crippen LogP contribution in [0.25, 0.3) is 21.3 Å². The maximum atomic E-state index is 12.8. The third-order valence-corrected chi connectivity index (χ3v) is 7.27. The van der Waals surface area contributed by atoms with Crippen molar-refractivity contribution in [1.82, 2.24) is 15.3 Å². The third-order valence-electron chi connectivity index (χ3n) is 6.36. The molecular formula is C27H29N5OS. The fourth-order valence-electron chi connectivity index (χ4n) is 4.53. The molecule has 6 nitrogen and oxygen atoms in total. The Kier molecular flexibility index (Phi) is 6.45. The topological polar surface area (TPSA) is 70.2 Å². The largest absolute Gasteiger partial charge is 0.362 e. The smallest absolute Gasteiger partial charge is 0.251 e. The van der Waals surface area contributed by atoms with Crippen molar-refractivity contribution in [2.75, 3.05) is 24.3 Å². The average molecular weight is 472 g/mol. The maximum Gasteiger partial charge on any atom is 0.251 e. The minimum Gasteiger partial charge on any atom is -0.362 e. The minimum atomic E-state index is 0.00243. The molecule has 1 saturated carbocycles. The van der Waals surface area contributed by atoms with Gasteiger partial charge in [0.25, 0.3) is 5.91 Å². The predicted molar refractivity (Wildman–Crippen MR) is 141 cm³/mol. The van der Waals surface area contributed by atoms with Gasteiger partial charge in [0.1, 0.15) is 5.82 Å². The van der Waals surface area contributed by atoms with Gasteiger partial charge in [-0.15, -0.1) is 11.3 Å². The molecule has 1 aliphatic carbocycles. The van der Waals surface area contributed by atoms with E-state index >= 15 is 0 Å². The van der Waals surface area contributed by atoms with Crippen molar-refractivity contribution in [3.8, 4) is 10.4 Å². The van der Waals surface area contributed by atoms with Crippen molar-refractivity contribution >= 4 is 39.9 Å². The summed E-state index contributed by atoms with van der Waals surface area (Å²) in [6.45, 7) is 0. The lowest BCUT2D eigenvalue weighted by atomic mass is 9.91. The summed E-state index contributed by atoms with van der Waals surface area (Å²) in [5.41, 5.74) is 2.79. The monoisotopic (exact) mass is 471 g/mol. The van der Waals surface area contributed by atoms with Crippen molar-refractivity contribution in [3.05, 3.63) is 71.6 Å². The molecule has 1 amide bonds. The highest BCUT2D eigenvalue weighted by Crippen LogP contribution is 2.27. The van der Waals surface area contributed by atoms with Crippen molar-refractivity contribution in [3.63, 3.8) is 0 Å². The number of thiophene rings is 1. The van der Waals surface area contributed by atoms with Gasteiger partial charge < -0.3 is 15.5 Å². The van der Waals surface area contributed by atoms with Crippen molar-refractivity contribution in [2.24, 2.45) is 0 Å². The van der Waals surface area contributed by atoms with Crippen LogP contribution in [-0.2, 0) is 0 Å². The molecule has 0 bridgehead atoms. The van der Waals surface area contributed by atoms with Crippen LogP contribution in [-0.4, -0.2) is 42.1 Å². The normalized spacial score (nSPS) is 17.9. The highest BCUT2D eigenvalue weighted by molar-refractivity contribution is 7.13. The lowest BCUT2D eigenvalue weighted by molar-refractivity contribution is 0.0926. The van der Waals surface area contributed by atoms with E-state index in [9.17, 15) is 4.79 Å². The summed E-state index contributed by atoms with van der Waals surface area (Å²) in [7, 11) is 4.00. The summed E-state index contributed by atoms with van der Waals surface area (Å²) in [5.74, 6) is 1.59. The van der Waals surface area contributed by atoms with Gasteiger partial charge in [-0.05, 0) is 67.0 Å². The number of anilines is 2. The minimum absolute atomic E-state index is 0.00243. The SMILES string of the molecule is CN(C)c1nc(NC2CCC(NC(=O)c3ccc(-c4cccs4)cc3)CC2)nc2ccccc12. The summed E-state index contributed by atoms with van der Waals surface area (Å²) in [6.07, 6.45) is 3.81. The molecule has 0 saturated heterocycles. The number of amides is 1. The highest BCUT2D eigenvalue weighted by atomic mass is 32.1. The second-order valence-corrected chi connectivity index (χ2v) is 9.95. The number of carbonyl (C=O) groups excluding carboxylic acids is 1. The van der Waals surface area contributed by atoms with Crippen LogP contribution in [0.1, 0.15) is 36.0 Å².